The maximum Gasteiger partial charge on any atom is 0.322 e. The summed E-state index contributed by atoms with van der Waals surface area (Å²) < 4.78 is 0.802. The van der Waals surface area contributed by atoms with Gasteiger partial charge in [-0.1, -0.05) is 103 Å². The SMILES string of the molecule is CC(c1ccccc1)N(CCC(=O)N(CCc1ccccc1)Cc1ccccc1)C(=O)Nc1ccccc1Br. The molecular formula is C33H34BrN3O2. The molecule has 6 heteroatoms. The van der Waals surface area contributed by atoms with Crippen LogP contribution in [0.15, 0.2) is 120 Å². The summed E-state index contributed by atoms with van der Waals surface area (Å²) in [5.74, 6) is 0.0220. The summed E-state index contributed by atoms with van der Waals surface area (Å²) >= 11 is 3.51. The molecule has 4 rings (SSSR count). The normalized spacial score (nSPS) is 11.4. The number of hydrogen-bond donors (Lipinski definition) is 1. The number of amides is 3. The minimum absolute atomic E-state index is 0.0220. The topological polar surface area (TPSA) is 52.7 Å². The van der Waals surface area contributed by atoms with Crippen LogP contribution in [0.1, 0.15) is 36.1 Å². The number of para-hydroxylation sites is 1. The number of hydrogen-bond acceptors (Lipinski definition) is 2. The second-order valence-corrected chi connectivity index (χ2v) is 10.3. The van der Waals surface area contributed by atoms with E-state index in [0.29, 0.717) is 25.3 Å². The minimum Gasteiger partial charge on any atom is -0.338 e. The fraction of sp³-hybridized carbons (Fsp3) is 0.212. The third-order valence-corrected chi connectivity index (χ3v) is 7.47. The first-order valence-corrected chi connectivity index (χ1v) is 14.0. The number of carbonyl (C=O) groups excluding carboxylic acids is 2. The lowest BCUT2D eigenvalue weighted by Gasteiger charge is -2.31. The molecule has 0 aliphatic rings. The van der Waals surface area contributed by atoms with E-state index >= 15 is 0 Å². The molecule has 0 aliphatic carbocycles. The largest absolute Gasteiger partial charge is 0.338 e. The summed E-state index contributed by atoms with van der Waals surface area (Å²) in [4.78, 5) is 30.8. The molecule has 0 saturated carbocycles. The summed E-state index contributed by atoms with van der Waals surface area (Å²) in [6, 6.07) is 37.2. The van der Waals surface area contributed by atoms with Crippen molar-refractivity contribution in [2.75, 3.05) is 18.4 Å². The predicted octanol–water partition coefficient (Wildman–Crippen LogP) is 7.71. The summed E-state index contributed by atoms with van der Waals surface area (Å²) in [6.45, 7) is 3.43. The number of nitrogens with one attached hydrogen (secondary N) is 1. The van der Waals surface area contributed by atoms with Gasteiger partial charge in [0.25, 0.3) is 0 Å². The van der Waals surface area contributed by atoms with Gasteiger partial charge in [-0.2, -0.15) is 0 Å². The molecule has 1 unspecified atom stereocenters. The van der Waals surface area contributed by atoms with Gasteiger partial charge in [0, 0.05) is 30.5 Å². The zero-order chi connectivity index (χ0) is 27.5. The summed E-state index contributed by atoms with van der Waals surface area (Å²) in [6.07, 6.45) is 0.994. The molecule has 5 nitrogen and oxygen atoms in total. The third-order valence-electron chi connectivity index (χ3n) is 6.77. The van der Waals surface area contributed by atoms with E-state index in [0.717, 1.165) is 22.0 Å². The average Bonchev–Trinajstić information content (AvgIpc) is 2.98. The Hall–Kier alpha value is -3.90. The average molecular weight is 585 g/mol. The van der Waals surface area contributed by atoms with Crippen molar-refractivity contribution in [3.8, 4) is 0 Å². The Labute approximate surface area is 239 Å². The molecule has 1 atom stereocenters. The van der Waals surface area contributed by atoms with Crippen LogP contribution in [-0.4, -0.2) is 34.8 Å². The number of halogens is 1. The van der Waals surface area contributed by atoms with Crippen LogP contribution in [0.2, 0.25) is 0 Å². The highest BCUT2D eigenvalue weighted by Crippen LogP contribution is 2.25. The fourth-order valence-electron chi connectivity index (χ4n) is 4.51. The van der Waals surface area contributed by atoms with Gasteiger partial charge in [-0.05, 0) is 58.1 Å². The number of nitrogens with zero attached hydrogens (tertiary/aromatic N) is 2. The molecule has 4 aromatic rings. The molecule has 0 saturated heterocycles. The molecule has 39 heavy (non-hydrogen) atoms. The predicted molar refractivity (Wildman–Crippen MR) is 161 cm³/mol. The van der Waals surface area contributed by atoms with E-state index in [2.05, 4.69) is 33.4 Å². The van der Waals surface area contributed by atoms with Crippen LogP contribution in [0.4, 0.5) is 10.5 Å². The van der Waals surface area contributed by atoms with Gasteiger partial charge in [0.1, 0.15) is 0 Å². The van der Waals surface area contributed by atoms with Crippen LogP contribution in [0.3, 0.4) is 0 Å². The molecule has 0 radical (unpaired) electrons. The molecule has 0 fully saturated rings. The molecule has 0 bridgehead atoms. The van der Waals surface area contributed by atoms with E-state index < -0.39 is 0 Å². The van der Waals surface area contributed by atoms with Crippen LogP contribution >= 0.6 is 15.9 Å². The first-order chi connectivity index (χ1) is 19.0. The maximum absolute atomic E-state index is 13.6. The van der Waals surface area contributed by atoms with E-state index in [-0.39, 0.29) is 24.4 Å². The Balaban J connectivity index is 1.50. The number of rotatable bonds is 11. The van der Waals surface area contributed by atoms with Crippen molar-refractivity contribution in [2.45, 2.75) is 32.4 Å². The maximum atomic E-state index is 13.6. The van der Waals surface area contributed by atoms with Crippen molar-refractivity contribution >= 4 is 33.6 Å². The number of urea groups is 1. The fourth-order valence-corrected chi connectivity index (χ4v) is 4.89. The summed E-state index contributed by atoms with van der Waals surface area (Å²) in [5.41, 5.74) is 3.97. The Bertz CT molecular complexity index is 1330. The Morgan fingerprint density at radius 1 is 0.744 bits per heavy atom. The monoisotopic (exact) mass is 583 g/mol. The highest BCUT2D eigenvalue weighted by Gasteiger charge is 2.24. The number of carbonyl (C=O) groups is 2. The van der Waals surface area contributed by atoms with Crippen molar-refractivity contribution in [1.29, 1.82) is 0 Å². The molecule has 1 N–H and O–H groups in total. The lowest BCUT2D eigenvalue weighted by Crippen LogP contribution is -2.41. The van der Waals surface area contributed by atoms with E-state index in [1.165, 1.54) is 5.56 Å². The highest BCUT2D eigenvalue weighted by atomic mass is 79.9. The number of anilines is 1. The first kappa shape index (κ1) is 28.1. The van der Waals surface area contributed by atoms with Crippen molar-refractivity contribution in [3.63, 3.8) is 0 Å². The van der Waals surface area contributed by atoms with E-state index in [9.17, 15) is 9.59 Å². The molecule has 3 amide bonds. The standard InChI is InChI=1S/C33H34BrN3O2/c1-26(29-17-9-4-10-18-29)37(33(39)35-31-20-12-11-19-30(31)34)24-22-32(38)36(25-28-15-7-3-8-16-28)23-21-27-13-5-2-6-14-27/h2-20,26H,21-25H2,1H3,(H,35,39). The van der Waals surface area contributed by atoms with E-state index in [1.807, 2.05) is 115 Å². The van der Waals surface area contributed by atoms with Crippen LogP contribution in [0.5, 0.6) is 0 Å². The van der Waals surface area contributed by atoms with E-state index in [1.54, 1.807) is 4.90 Å². The van der Waals surface area contributed by atoms with Gasteiger partial charge < -0.3 is 15.1 Å². The zero-order valence-corrected chi connectivity index (χ0v) is 23.8. The van der Waals surface area contributed by atoms with Crippen molar-refractivity contribution < 1.29 is 9.59 Å². The smallest absolute Gasteiger partial charge is 0.322 e. The van der Waals surface area contributed by atoms with Crippen LogP contribution < -0.4 is 5.32 Å². The first-order valence-electron chi connectivity index (χ1n) is 13.2. The molecule has 4 aromatic carbocycles. The van der Waals surface area contributed by atoms with Crippen LogP contribution in [0, 0.1) is 0 Å². The minimum atomic E-state index is -0.245. The van der Waals surface area contributed by atoms with Crippen molar-refractivity contribution in [2.24, 2.45) is 0 Å². The molecule has 0 aromatic heterocycles. The Kier molecular flexibility index (Phi) is 10.3. The number of benzene rings is 4. The lowest BCUT2D eigenvalue weighted by molar-refractivity contribution is -0.132. The zero-order valence-electron chi connectivity index (χ0n) is 22.2. The molecular weight excluding hydrogens is 550 g/mol. The molecule has 200 valence electrons. The Morgan fingerprint density at radius 3 is 1.95 bits per heavy atom. The van der Waals surface area contributed by atoms with Gasteiger partial charge >= 0.3 is 6.03 Å². The van der Waals surface area contributed by atoms with Gasteiger partial charge in [-0.15, -0.1) is 0 Å². The van der Waals surface area contributed by atoms with Gasteiger partial charge in [-0.25, -0.2) is 4.79 Å². The van der Waals surface area contributed by atoms with E-state index in [4.69, 9.17) is 0 Å². The highest BCUT2D eigenvalue weighted by molar-refractivity contribution is 9.10. The summed E-state index contributed by atoms with van der Waals surface area (Å²) in [7, 11) is 0. The van der Waals surface area contributed by atoms with Gasteiger partial charge in [0.2, 0.25) is 5.91 Å². The van der Waals surface area contributed by atoms with Crippen molar-refractivity contribution in [3.05, 3.63) is 136 Å². The third kappa shape index (κ3) is 8.29. The molecule has 0 heterocycles. The van der Waals surface area contributed by atoms with Crippen LogP contribution in [-0.2, 0) is 17.8 Å². The quantitative estimate of drug-likeness (QED) is 0.196. The second kappa shape index (κ2) is 14.3. The van der Waals surface area contributed by atoms with Crippen LogP contribution in [0.25, 0.3) is 0 Å². The van der Waals surface area contributed by atoms with Gasteiger partial charge in [-0.3, -0.25) is 4.79 Å². The molecule has 0 spiro atoms. The van der Waals surface area contributed by atoms with Crippen molar-refractivity contribution in [1.82, 2.24) is 9.80 Å². The summed E-state index contributed by atoms with van der Waals surface area (Å²) in [5, 5.41) is 3.02. The second-order valence-electron chi connectivity index (χ2n) is 9.48. The molecule has 0 aliphatic heterocycles. The van der Waals surface area contributed by atoms with Gasteiger partial charge in [0.05, 0.1) is 11.7 Å². The Morgan fingerprint density at radius 2 is 1.31 bits per heavy atom. The lowest BCUT2D eigenvalue weighted by atomic mass is 10.1. The van der Waals surface area contributed by atoms with Gasteiger partial charge in [0.15, 0.2) is 0 Å².